The molecule has 0 heterocycles. The van der Waals surface area contributed by atoms with Gasteiger partial charge in [-0.2, -0.15) is 0 Å². The standard InChI is InChI=1S/C15H11BrClNO3/c1-8-2-9(4-11(16)3-8)14(19)18-13-6-10(15(20)21)5-12(17)7-13/h2-7H,1H3,(H,18,19)(H,20,21). The lowest BCUT2D eigenvalue weighted by atomic mass is 10.1. The first-order valence-electron chi connectivity index (χ1n) is 5.97. The molecule has 21 heavy (non-hydrogen) atoms. The Bertz CT molecular complexity index is 711. The number of benzene rings is 2. The molecule has 0 aromatic heterocycles. The molecule has 0 aliphatic heterocycles. The molecule has 0 spiro atoms. The number of carbonyl (C=O) groups excluding carboxylic acids is 1. The molecule has 2 aromatic carbocycles. The summed E-state index contributed by atoms with van der Waals surface area (Å²) in [5, 5.41) is 11.9. The summed E-state index contributed by atoms with van der Waals surface area (Å²) in [6.07, 6.45) is 0. The zero-order valence-electron chi connectivity index (χ0n) is 11.0. The maximum atomic E-state index is 12.2. The number of hydrogen-bond acceptors (Lipinski definition) is 2. The zero-order chi connectivity index (χ0) is 15.6. The number of nitrogens with one attached hydrogen (secondary N) is 1. The van der Waals surface area contributed by atoms with Gasteiger partial charge in [-0.1, -0.05) is 27.5 Å². The lowest BCUT2D eigenvalue weighted by molar-refractivity contribution is 0.0696. The van der Waals surface area contributed by atoms with Gasteiger partial charge in [-0.05, 0) is 48.9 Å². The number of carboxylic acids is 1. The fourth-order valence-corrected chi connectivity index (χ4v) is 2.70. The highest BCUT2D eigenvalue weighted by Crippen LogP contribution is 2.21. The van der Waals surface area contributed by atoms with Crippen LogP contribution in [-0.4, -0.2) is 17.0 Å². The second kappa shape index (κ2) is 6.28. The van der Waals surface area contributed by atoms with E-state index in [9.17, 15) is 9.59 Å². The van der Waals surface area contributed by atoms with Crippen molar-refractivity contribution in [1.29, 1.82) is 0 Å². The van der Waals surface area contributed by atoms with Gasteiger partial charge in [0, 0.05) is 20.7 Å². The van der Waals surface area contributed by atoms with Crippen molar-refractivity contribution in [2.45, 2.75) is 6.92 Å². The minimum absolute atomic E-state index is 0.0169. The van der Waals surface area contributed by atoms with Crippen LogP contribution in [0.25, 0.3) is 0 Å². The monoisotopic (exact) mass is 367 g/mol. The third kappa shape index (κ3) is 4.06. The fourth-order valence-electron chi connectivity index (χ4n) is 1.86. The highest BCUT2D eigenvalue weighted by molar-refractivity contribution is 9.10. The predicted molar refractivity (Wildman–Crippen MR) is 85.2 cm³/mol. The van der Waals surface area contributed by atoms with Gasteiger partial charge < -0.3 is 10.4 Å². The van der Waals surface area contributed by atoms with Crippen molar-refractivity contribution in [1.82, 2.24) is 0 Å². The Hall–Kier alpha value is -1.85. The molecule has 2 N–H and O–H groups in total. The molecule has 0 aliphatic rings. The van der Waals surface area contributed by atoms with E-state index in [4.69, 9.17) is 16.7 Å². The molecule has 108 valence electrons. The van der Waals surface area contributed by atoms with Crippen molar-refractivity contribution >= 4 is 45.1 Å². The van der Waals surface area contributed by atoms with Gasteiger partial charge in [-0.3, -0.25) is 4.79 Å². The maximum absolute atomic E-state index is 12.2. The number of carboxylic acid groups (broad SMARTS) is 1. The summed E-state index contributed by atoms with van der Waals surface area (Å²) < 4.78 is 0.796. The van der Waals surface area contributed by atoms with E-state index in [1.165, 1.54) is 18.2 Å². The molecular formula is C15H11BrClNO3. The number of anilines is 1. The van der Waals surface area contributed by atoms with Crippen LogP contribution in [0.15, 0.2) is 40.9 Å². The van der Waals surface area contributed by atoms with E-state index in [1.54, 1.807) is 12.1 Å². The number of hydrogen-bond donors (Lipinski definition) is 2. The number of amides is 1. The zero-order valence-corrected chi connectivity index (χ0v) is 13.3. The molecule has 6 heteroatoms. The predicted octanol–water partition coefficient (Wildman–Crippen LogP) is 4.36. The van der Waals surface area contributed by atoms with Crippen LogP contribution in [-0.2, 0) is 0 Å². The quantitative estimate of drug-likeness (QED) is 0.846. The first kappa shape index (κ1) is 15.5. The minimum Gasteiger partial charge on any atom is -0.478 e. The van der Waals surface area contributed by atoms with E-state index in [0.717, 1.165) is 10.0 Å². The molecule has 1 amide bonds. The van der Waals surface area contributed by atoms with Crippen molar-refractivity contribution in [3.63, 3.8) is 0 Å². The molecule has 0 atom stereocenters. The molecule has 0 radical (unpaired) electrons. The lowest BCUT2D eigenvalue weighted by Gasteiger charge is -2.08. The van der Waals surface area contributed by atoms with Crippen molar-refractivity contribution in [2.24, 2.45) is 0 Å². The van der Waals surface area contributed by atoms with Crippen LogP contribution >= 0.6 is 27.5 Å². The van der Waals surface area contributed by atoms with Crippen LogP contribution in [0.3, 0.4) is 0 Å². The van der Waals surface area contributed by atoms with Gasteiger partial charge in [0.1, 0.15) is 0 Å². The summed E-state index contributed by atoms with van der Waals surface area (Å²) in [6.45, 7) is 1.88. The molecular weight excluding hydrogens is 358 g/mol. The molecule has 0 saturated carbocycles. The summed E-state index contributed by atoms with van der Waals surface area (Å²) in [5.74, 6) is -1.44. The number of carbonyl (C=O) groups is 2. The number of halogens is 2. The van der Waals surface area contributed by atoms with Crippen LogP contribution in [0.2, 0.25) is 5.02 Å². The van der Waals surface area contributed by atoms with Gasteiger partial charge in [0.05, 0.1) is 5.56 Å². The van der Waals surface area contributed by atoms with Crippen molar-refractivity contribution in [3.8, 4) is 0 Å². The van der Waals surface area contributed by atoms with E-state index in [0.29, 0.717) is 11.3 Å². The summed E-state index contributed by atoms with van der Waals surface area (Å²) in [6, 6.07) is 9.49. The van der Waals surface area contributed by atoms with Crippen LogP contribution in [0.5, 0.6) is 0 Å². The first-order valence-corrected chi connectivity index (χ1v) is 7.14. The largest absolute Gasteiger partial charge is 0.478 e. The second-order valence-electron chi connectivity index (χ2n) is 4.51. The average Bonchev–Trinajstić information content (AvgIpc) is 2.36. The van der Waals surface area contributed by atoms with Gasteiger partial charge in [0.25, 0.3) is 5.91 Å². The molecule has 0 unspecified atom stereocenters. The summed E-state index contributed by atoms with van der Waals surface area (Å²) in [5.41, 5.74) is 1.76. The van der Waals surface area contributed by atoms with Crippen LogP contribution < -0.4 is 5.32 Å². The maximum Gasteiger partial charge on any atom is 0.335 e. The highest BCUT2D eigenvalue weighted by Gasteiger charge is 2.11. The number of aromatic carboxylic acids is 1. The van der Waals surface area contributed by atoms with E-state index >= 15 is 0 Å². The van der Waals surface area contributed by atoms with E-state index < -0.39 is 5.97 Å². The molecule has 0 bridgehead atoms. The van der Waals surface area contributed by atoms with Crippen molar-refractivity contribution < 1.29 is 14.7 Å². The lowest BCUT2D eigenvalue weighted by Crippen LogP contribution is -2.12. The third-order valence-corrected chi connectivity index (χ3v) is 3.38. The number of rotatable bonds is 3. The average molecular weight is 369 g/mol. The highest BCUT2D eigenvalue weighted by atomic mass is 79.9. The molecule has 0 saturated heterocycles. The summed E-state index contributed by atoms with van der Waals surface area (Å²) in [4.78, 5) is 23.2. The molecule has 0 fully saturated rings. The summed E-state index contributed by atoms with van der Waals surface area (Å²) >= 11 is 9.18. The van der Waals surface area contributed by atoms with Crippen molar-refractivity contribution in [2.75, 3.05) is 5.32 Å². The summed E-state index contributed by atoms with van der Waals surface area (Å²) in [7, 11) is 0. The van der Waals surface area contributed by atoms with Crippen LogP contribution in [0.1, 0.15) is 26.3 Å². The van der Waals surface area contributed by atoms with Gasteiger partial charge in [-0.25, -0.2) is 4.79 Å². The molecule has 2 rings (SSSR count). The second-order valence-corrected chi connectivity index (χ2v) is 5.86. The van der Waals surface area contributed by atoms with Crippen molar-refractivity contribution in [3.05, 3.63) is 62.6 Å². The van der Waals surface area contributed by atoms with Crippen LogP contribution in [0, 0.1) is 6.92 Å². The molecule has 2 aromatic rings. The smallest absolute Gasteiger partial charge is 0.335 e. The van der Waals surface area contributed by atoms with Gasteiger partial charge in [0.2, 0.25) is 0 Å². The number of aryl methyl sites for hydroxylation is 1. The fraction of sp³-hybridized carbons (Fsp3) is 0.0667. The Kier molecular flexibility index (Phi) is 4.65. The normalized spacial score (nSPS) is 10.2. The third-order valence-electron chi connectivity index (χ3n) is 2.71. The Morgan fingerprint density at radius 3 is 2.43 bits per heavy atom. The van der Waals surface area contributed by atoms with Gasteiger partial charge in [0.15, 0.2) is 0 Å². The van der Waals surface area contributed by atoms with Crippen LogP contribution in [0.4, 0.5) is 5.69 Å². The Labute approximate surface area is 134 Å². The Morgan fingerprint density at radius 2 is 1.81 bits per heavy atom. The van der Waals surface area contributed by atoms with Gasteiger partial charge in [-0.15, -0.1) is 0 Å². The molecule has 0 aliphatic carbocycles. The van der Waals surface area contributed by atoms with E-state index in [-0.39, 0.29) is 16.5 Å². The Morgan fingerprint density at radius 1 is 1.10 bits per heavy atom. The van der Waals surface area contributed by atoms with E-state index in [2.05, 4.69) is 21.2 Å². The first-order chi connectivity index (χ1) is 9.85. The van der Waals surface area contributed by atoms with E-state index in [1.807, 2.05) is 13.0 Å². The van der Waals surface area contributed by atoms with Gasteiger partial charge >= 0.3 is 5.97 Å². The SMILES string of the molecule is Cc1cc(Br)cc(C(=O)Nc2cc(Cl)cc(C(=O)O)c2)c1. The minimum atomic E-state index is -1.11. The Balaban J connectivity index is 2.29. The topological polar surface area (TPSA) is 66.4 Å². The molecule has 4 nitrogen and oxygen atoms in total.